The Bertz CT molecular complexity index is 1140. The SMILES string of the molecule is N#Cc1ccc(-c2cc(NC(=O)O)nn2-c2ccc(N3CCC(O)CC3)cc2)cc1F. The van der Waals surface area contributed by atoms with Crippen molar-refractivity contribution in [1.29, 1.82) is 5.26 Å². The van der Waals surface area contributed by atoms with Crippen LogP contribution >= 0.6 is 0 Å². The molecule has 0 aliphatic carbocycles. The average Bonchev–Trinajstić information content (AvgIpc) is 3.17. The molecule has 0 radical (unpaired) electrons. The van der Waals surface area contributed by atoms with Gasteiger partial charge in [0.15, 0.2) is 5.82 Å². The molecular formula is C22H20FN5O3. The highest BCUT2D eigenvalue weighted by molar-refractivity contribution is 5.83. The standard InChI is InChI=1S/C22H20FN5O3/c23-19-11-14(1-2-15(19)13-24)20-12-21(25-22(30)31)26-28(20)17-5-3-16(4-6-17)27-9-7-18(29)8-10-27/h1-6,11-12,18,29H,7-10H2,(H,25,26)(H,30,31). The highest BCUT2D eigenvalue weighted by Crippen LogP contribution is 2.29. The Balaban J connectivity index is 1.70. The zero-order valence-corrected chi connectivity index (χ0v) is 16.5. The van der Waals surface area contributed by atoms with Crippen LogP contribution in [0.5, 0.6) is 0 Å². The molecule has 0 saturated carbocycles. The number of carbonyl (C=O) groups is 1. The quantitative estimate of drug-likeness (QED) is 0.593. The lowest BCUT2D eigenvalue weighted by Gasteiger charge is -2.31. The second kappa shape index (κ2) is 8.45. The molecule has 9 heteroatoms. The summed E-state index contributed by atoms with van der Waals surface area (Å²) in [5.41, 5.74) is 2.53. The van der Waals surface area contributed by atoms with Crippen LogP contribution in [0, 0.1) is 17.1 Å². The van der Waals surface area contributed by atoms with Crippen LogP contribution in [0.15, 0.2) is 48.5 Å². The minimum atomic E-state index is -1.26. The van der Waals surface area contributed by atoms with Crippen molar-refractivity contribution in [2.75, 3.05) is 23.3 Å². The molecule has 1 amide bonds. The van der Waals surface area contributed by atoms with E-state index in [2.05, 4.69) is 15.3 Å². The fourth-order valence-electron chi connectivity index (χ4n) is 3.65. The topological polar surface area (TPSA) is 114 Å². The van der Waals surface area contributed by atoms with Crippen LogP contribution in [0.1, 0.15) is 18.4 Å². The molecule has 2 heterocycles. The minimum Gasteiger partial charge on any atom is -0.465 e. The molecule has 1 aliphatic heterocycles. The first-order chi connectivity index (χ1) is 14.9. The van der Waals surface area contributed by atoms with Crippen LogP contribution in [-0.2, 0) is 0 Å². The predicted octanol–water partition coefficient (Wildman–Crippen LogP) is 3.60. The number of rotatable bonds is 4. The van der Waals surface area contributed by atoms with Gasteiger partial charge in [0.05, 0.1) is 23.0 Å². The van der Waals surface area contributed by atoms with Crippen molar-refractivity contribution in [2.45, 2.75) is 18.9 Å². The van der Waals surface area contributed by atoms with Gasteiger partial charge in [-0.3, -0.25) is 5.32 Å². The molecule has 0 unspecified atom stereocenters. The number of amides is 1. The fourth-order valence-corrected chi connectivity index (χ4v) is 3.65. The zero-order chi connectivity index (χ0) is 22.0. The molecule has 0 spiro atoms. The van der Waals surface area contributed by atoms with Gasteiger partial charge < -0.3 is 15.1 Å². The van der Waals surface area contributed by atoms with Gasteiger partial charge in [-0.2, -0.15) is 5.26 Å². The smallest absolute Gasteiger partial charge is 0.410 e. The molecule has 1 aromatic heterocycles. The number of hydrogen-bond acceptors (Lipinski definition) is 5. The maximum atomic E-state index is 14.2. The lowest BCUT2D eigenvalue weighted by molar-refractivity contribution is 0.145. The van der Waals surface area contributed by atoms with Crippen LogP contribution < -0.4 is 10.2 Å². The molecule has 31 heavy (non-hydrogen) atoms. The summed E-state index contributed by atoms with van der Waals surface area (Å²) in [6.45, 7) is 1.54. The van der Waals surface area contributed by atoms with Crippen LogP contribution in [0.2, 0.25) is 0 Å². The maximum absolute atomic E-state index is 14.2. The number of aliphatic hydroxyl groups excluding tert-OH is 1. The molecule has 0 atom stereocenters. The largest absolute Gasteiger partial charge is 0.465 e. The number of halogens is 1. The van der Waals surface area contributed by atoms with Crippen molar-refractivity contribution in [3.63, 3.8) is 0 Å². The van der Waals surface area contributed by atoms with Gasteiger partial charge in [-0.25, -0.2) is 13.9 Å². The van der Waals surface area contributed by atoms with E-state index in [-0.39, 0.29) is 17.5 Å². The lowest BCUT2D eigenvalue weighted by Crippen LogP contribution is -2.35. The Morgan fingerprint density at radius 2 is 1.81 bits per heavy atom. The number of nitrogens with one attached hydrogen (secondary N) is 1. The summed E-state index contributed by atoms with van der Waals surface area (Å²) in [4.78, 5) is 13.3. The normalized spacial score (nSPS) is 14.3. The molecule has 1 saturated heterocycles. The highest BCUT2D eigenvalue weighted by atomic mass is 19.1. The minimum absolute atomic E-state index is 0.0743. The molecule has 3 aromatic rings. The molecule has 2 aromatic carbocycles. The number of aromatic nitrogens is 2. The van der Waals surface area contributed by atoms with Gasteiger partial charge in [0.1, 0.15) is 11.9 Å². The summed E-state index contributed by atoms with van der Waals surface area (Å²) in [6.07, 6.45) is -0.0704. The van der Waals surface area contributed by atoms with E-state index in [0.717, 1.165) is 31.6 Å². The van der Waals surface area contributed by atoms with E-state index in [1.165, 1.54) is 22.9 Å². The number of anilines is 2. The van der Waals surface area contributed by atoms with Crippen molar-refractivity contribution in [2.24, 2.45) is 0 Å². The number of piperidine rings is 1. The summed E-state index contributed by atoms with van der Waals surface area (Å²) in [6, 6.07) is 15.0. The Labute approximate surface area is 177 Å². The van der Waals surface area contributed by atoms with Gasteiger partial charge in [-0.05, 0) is 49.2 Å². The lowest BCUT2D eigenvalue weighted by atomic mass is 10.1. The third-order valence-corrected chi connectivity index (χ3v) is 5.25. The number of carboxylic acid groups (broad SMARTS) is 1. The first-order valence-electron chi connectivity index (χ1n) is 9.78. The van der Waals surface area contributed by atoms with Crippen LogP contribution in [0.4, 0.5) is 20.7 Å². The van der Waals surface area contributed by atoms with E-state index in [1.54, 1.807) is 12.1 Å². The van der Waals surface area contributed by atoms with Crippen molar-refractivity contribution in [3.8, 4) is 23.0 Å². The second-order valence-electron chi connectivity index (χ2n) is 7.30. The first-order valence-corrected chi connectivity index (χ1v) is 9.78. The molecule has 4 rings (SSSR count). The Kier molecular flexibility index (Phi) is 5.56. The Morgan fingerprint density at radius 1 is 1.13 bits per heavy atom. The van der Waals surface area contributed by atoms with E-state index in [9.17, 15) is 14.3 Å². The number of benzene rings is 2. The molecule has 1 fully saturated rings. The third kappa shape index (κ3) is 4.34. The predicted molar refractivity (Wildman–Crippen MR) is 113 cm³/mol. The highest BCUT2D eigenvalue weighted by Gasteiger charge is 2.18. The van der Waals surface area contributed by atoms with E-state index < -0.39 is 11.9 Å². The summed E-state index contributed by atoms with van der Waals surface area (Å²) in [7, 11) is 0. The van der Waals surface area contributed by atoms with Gasteiger partial charge in [0.25, 0.3) is 0 Å². The summed E-state index contributed by atoms with van der Waals surface area (Å²) < 4.78 is 15.7. The Hall–Kier alpha value is -3.90. The van der Waals surface area contributed by atoms with E-state index >= 15 is 0 Å². The van der Waals surface area contributed by atoms with E-state index in [1.807, 2.05) is 24.3 Å². The first kappa shape index (κ1) is 20.4. The van der Waals surface area contributed by atoms with Crippen molar-refractivity contribution < 1.29 is 19.4 Å². The zero-order valence-electron chi connectivity index (χ0n) is 16.5. The van der Waals surface area contributed by atoms with E-state index in [0.29, 0.717) is 16.9 Å². The number of aliphatic hydroxyl groups is 1. The third-order valence-electron chi connectivity index (χ3n) is 5.25. The monoisotopic (exact) mass is 421 g/mol. The van der Waals surface area contributed by atoms with Gasteiger partial charge in [-0.15, -0.1) is 5.10 Å². The summed E-state index contributed by atoms with van der Waals surface area (Å²) in [5, 5.41) is 34.2. The van der Waals surface area contributed by atoms with Gasteiger partial charge >= 0.3 is 6.09 Å². The number of nitrogens with zero attached hydrogens (tertiary/aromatic N) is 4. The van der Waals surface area contributed by atoms with Gasteiger partial charge in [-0.1, -0.05) is 6.07 Å². The van der Waals surface area contributed by atoms with Crippen molar-refractivity contribution in [1.82, 2.24) is 9.78 Å². The van der Waals surface area contributed by atoms with Crippen LogP contribution in [-0.4, -0.2) is 45.3 Å². The number of nitriles is 1. The molecule has 158 valence electrons. The molecular weight excluding hydrogens is 401 g/mol. The summed E-state index contributed by atoms with van der Waals surface area (Å²) >= 11 is 0. The van der Waals surface area contributed by atoms with Gasteiger partial charge in [0, 0.05) is 30.4 Å². The van der Waals surface area contributed by atoms with Crippen LogP contribution in [0.3, 0.4) is 0 Å². The fraction of sp³-hybridized carbons (Fsp3) is 0.227. The van der Waals surface area contributed by atoms with Crippen molar-refractivity contribution >= 4 is 17.6 Å². The molecule has 0 bridgehead atoms. The van der Waals surface area contributed by atoms with E-state index in [4.69, 9.17) is 10.4 Å². The second-order valence-corrected chi connectivity index (χ2v) is 7.30. The average molecular weight is 421 g/mol. The molecule has 3 N–H and O–H groups in total. The van der Waals surface area contributed by atoms with Crippen LogP contribution in [0.25, 0.3) is 16.9 Å². The van der Waals surface area contributed by atoms with Crippen molar-refractivity contribution in [3.05, 3.63) is 59.9 Å². The number of hydrogen-bond donors (Lipinski definition) is 3. The van der Waals surface area contributed by atoms with Gasteiger partial charge in [0.2, 0.25) is 0 Å². The molecule has 1 aliphatic rings. The molecule has 8 nitrogen and oxygen atoms in total. The Morgan fingerprint density at radius 3 is 2.42 bits per heavy atom. The summed E-state index contributed by atoms with van der Waals surface area (Å²) in [5.74, 6) is -0.565. The maximum Gasteiger partial charge on any atom is 0.410 e.